The van der Waals surface area contributed by atoms with Gasteiger partial charge in [0.2, 0.25) is 0 Å². The van der Waals surface area contributed by atoms with Gasteiger partial charge in [0.25, 0.3) is 0 Å². The van der Waals surface area contributed by atoms with E-state index in [0.29, 0.717) is 0 Å². The monoisotopic (exact) mass is 278 g/mol. The number of methoxy groups -OCH3 is 1. The van der Waals surface area contributed by atoms with Crippen LogP contribution in [0.2, 0.25) is 0 Å². The van der Waals surface area contributed by atoms with Gasteiger partial charge in [-0.05, 0) is 24.0 Å². The van der Waals surface area contributed by atoms with Crippen LogP contribution in [0.5, 0.6) is 5.75 Å². The highest BCUT2D eigenvalue weighted by atomic mass is 16.5. The first-order valence-electron chi connectivity index (χ1n) is 7.30. The van der Waals surface area contributed by atoms with Crippen LogP contribution in [-0.2, 0) is 4.74 Å². The van der Waals surface area contributed by atoms with Gasteiger partial charge in [0.15, 0.2) is 0 Å². The fourth-order valence-electron chi connectivity index (χ4n) is 2.31. The maximum Gasteiger partial charge on any atom is 0.142 e. The topological polar surface area (TPSA) is 42.5 Å². The minimum absolute atomic E-state index is 0.183. The molecule has 0 fully saturated rings. The Labute approximate surface area is 121 Å². The number of fused-ring (bicyclic) bond motifs is 1. The van der Waals surface area contributed by atoms with E-state index in [0.717, 1.165) is 44.1 Å². The van der Waals surface area contributed by atoms with E-state index >= 15 is 0 Å². The second kappa shape index (κ2) is 6.95. The van der Waals surface area contributed by atoms with Crippen molar-refractivity contribution in [3.63, 3.8) is 0 Å². The Kier molecular flexibility index (Phi) is 5.26. The van der Waals surface area contributed by atoms with Crippen LogP contribution in [0.25, 0.3) is 0 Å². The maximum atomic E-state index is 5.98. The molecule has 0 saturated carbocycles. The summed E-state index contributed by atoms with van der Waals surface area (Å²) in [6.45, 7) is 8.00. The lowest BCUT2D eigenvalue weighted by Gasteiger charge is -2.30. The Morgan fingerprint density at radius 3 is 3.00 bits per heavy atom. The maximum absolute atomic E-state index is 5.98. The van der Waals surface area contributed by atoms with E-state index in [2.05, 4.69) is 24.5 Å². The van der Waals surface area contributed by atoms with Crippen molar-refractivity contribution in [3.05, 3.63) is 24.3 Å². The number of ether oxygens (including phenoxy) is 2. The molecule has 20 heavy (non-hydrogen) atoms. The highest BCUT2D eigenvalue weighted by molar-refractivity contribution is 5.57. The summed E-state index contributed by atoms with van der Waals surface area (Å²) < 4.78 is 11.1. The van der Waals surface area contributed by atoms with Crippen LogP contribution in [0.1, 0.15) is 20.3 Å². The SMILES string of the molecule is COCCC(C)(C)CNCC1CNc2ccccc2O1. The summed E-state index contributed by atoms with van der Waals surface area (Å²) in [7, 11) is 1.75. The number of hydrogen-bond acceptors (Lipinski definition) is 4. The lowest BCUT2D eigenvalue weighted by atomic mass is 9.89. The molecule has 2 N–H and O–H groups in total. The molecule has 1 aromatic rings. The molecule has 2 rings (SSSR count). The fraction of sp³-hybridized carbons (Fsp3) is 0.625. The number of hydrogen-bond donors (Lipinski definition) is 2. The molecule has 0 radical (unpaired) electrons. The Bertz CT molecular complexity index is 421. The first-order valence-corrected chi connectivity index (χ1v) is 7.30. The molecular weight excluding hydrogens is 252 g/mol. The number of rotatable bonds is 7. The summed E-state index contributed by atoms with van der Waals surface area (Å²) in [6, 6.07) is 8.08. The average molecular weight is 278 g/mol. The minimum atomic E-state index is 0.183. The largest absolute Gasteiger partial charge is 0.485 e. The number of benzene rings is 1. The molecule has 1 atom stereocenters. The molecule has 112 valence electrons. The number of anilines is 1. The molecule has 4 nitrogen and oxygen atoms in total. The van der Waals surface area contributed by atoms with E-state index in [1.807, 2.05) is 24.3 Å². The molecule has 0 amide bonds. The van der Waals surface area contributed by atoms with Crippen LogP contribution in [0.4, 0.5) is 5.69 Å². The average Bonchev–Trinajstić information content (AvgIpc) is 2.45. The molecule has 0 spiro atoms. The van der Waals surface area contributed by atoms with Gasteiger partial charge in [-0.2, -0.15) is 0 Å². The third kappa shape index (κ3) is 4.39. The van der Waals surface area contributed by atoms with Gasteiger partial charge < -0.3 is 20.1 Å². The van der Waals surface area contributed by atoms with Gasteiger partial charge in [0, 0.05) is 26.8 Å². The zero-order valence-corrected chi connectivity index (χ0v) is 12.7. The lowest BCUT2D eigenvalue weighted by molar-refractivity contribution is 0.145. The molecule has 1 aliphatic rings. The van der Waals surface area contributed by atoms with Crippen molar-refractivity contribution >= 4 is 5.69 Å². The Morgan fingerprint density at radius 1 is 1.40 bits per heavy atom. The van der Waals surface area contributed by atoms with Crippen LogP contribution >= 0.6 is 0 Å². The lowest BCUT2D eigenvalue weighted by Crippen LogP contribution is -2.42. The van der Waals surface area contributed by atoms with Crippen molar-refractivity contribution in [1.29, 1.82) is 0 Å². The van der Waals surface area contributed by atoms with E-state index in [1.54, 1.807) is 7.11 Å². The van der Waals surface area contributed by atoms with E-state index < -0.39 is 0 Å². The molecule has 0 bridgehead atoms. The van der Waals surface area contributed by atoms with Gasteiger partial charge in [-0.3, -0.25) is 0 Å². The highest BCUT2D eigenvalue weighted by Crippen LogP contribution is 2.28. The molecular formula is C16H26N2O2. The van der Waals surface area contributed by atoms with E-state index in [-0.39, 0.29) is 11.5 Å². The van der Waals surface area contributed by atoms with Gasteiger partial charge in [-0.1, -0.05) is 26.0 Å². The van der Waals surface area contributed by atoms with Crippen LogP contribution in [0, 0.1) is 5.41 Å². The van der Waals surface area contributed by atoms with E-state index in [9.17, 15) is 0 Å². The van der Waals surface area contributed by atoms with Crippen molar-refractivity contribution in [1.82, 2.24) is 5.32 Å². The summed E-state index contributed by atoms with van der Waals surface area (Å²) in [5, 5.41) is 6.92. The van der Waals surface area contributed by atoms with Crippen LogP contribution in [0.15, 0.2) is 24.3 Å². The Hall–Kier alpha value is -1.26. The van der Waals surface area contributed by atoms with Crippen molar-refractivity contribution in [2.24, 2.45) is 5.41 Å². The third-order valence-electron chi connectivity index (χ3n) is 3.66. The van der Waals surface area contributed by atoms with Gasteiger partial charge in [0.05, 0.1) is 12.2 Å². The van der Waals surface area contributed by atoms with E-state index in [1.165, 1.54) is 0 Å². The molecule has 1 unspecified atom stereocenters. The summed E-state index contributed by atoms with van der Waals surface area (Å²) in [4.78, 5) is 0. The predicted octanol–water partition coefficient (Wildman–Crippen LogP) is 2.51. The summed E-state index contributed by atoms with van der Waals surface area (Å²) in [5.41, 5.74) is 1.33. The van der Waals surface area contributed by atoms with E-state index in [4.69, 9.17) is 9.47 Å². The minimum Gasteiger partial charge on any atom is -0.485 e. The second-order valence-corrected chi connectivity index (χ2v) is 6.15. The van der Waals surface area contributed by atoms with Crippen LogP contribution in [0.3, 0.4) is 0 Å². The standard InChI is InChI=1S/C16H26N2O2/c1-16(2,8-9-19-3)12-17-10-13-11-18-14-6-4-5-7-15(14)20-13/h4-7,13,17-18H,8-12H2,1-3H3. The molecule has 0 aliphatic carbocycles. The van der Waals surface area contributed by atoms with Gasteiger partial charge in [-0.15, -0.1) is 0 Å². The fourth-order valence-corrected chi connectivity index (χ4v) is 2.31. The normalized spacial score (nSPS) is 18.1. The van der Waals surface area contributed by atoms with Gasteiger partial charge in [0.1, 0.15) is 11.9 Å². The second-order valence-electron chi connectivity index (χ2n) is 6.15. The first-order chi connectivity index (χ1) is 9.61. The summed E-state index contributed by atoms with van der Waals surface area (Å²) in [6.07, 6.45) is 1.24. The van der Waals surface area contributed by atoms with Crippen LogP contribution in [-0.4, -0.2) is 39.5 Å². The smallest absolute Gasteiger partial charge is 0.142 e. The number of para-hydroxylation sites is 2. The Morgan fingerprint density at radius 2 is 2.20 bits per heavy atom. The quantitative estimate of drug-likeness (QED) is 0.804. The van der Waals surface area contributed by atoms with Crippen molar-refractivity contribution in [2.45, 2.75) is 26.4 Å². The van der Waals surface area contributed by atoms with Crippen LogP contribution < -0.4 is 15.4 Å². The van der Waals surface area contributed by atoms with Gasteiger partial charge in [-0.25, -0.2) is 0 Å². The van der Waals surface area contributed by atoms with Gasteiger partial charge >= 0.3 is 0 Å². The van der Waals surface area contributed by atoms with Crippen molar-refractivity contribution < 1.29 is 9.47 Å². The number of nitrogens with one attached hydrogen (secondary N) is 2. The zero-order chi connectivity index (χ0) is 14.4. The zero-order valence-electron chi connectivity index (χ0n) is 12.7. The molecule has 1 heterocycles. The molecule has 0 saturated heterocycles. The first kappa shape index (κ1) is 15.1. The molecule has 1 aromatic carbocycles. The third-order valence-corrected chi connectivity index (χ3v) is 3.66. The molecule has 1 aliphatic heterocycles. The molecule has 0 aromatic heterocycles. The highest BCUT2D eigenvalue weighted by Gasteiger charge is 2.21. The summed E-state index contributed by atoms with van der Waals surface area (Å²) in [5.74, 6) is 0.948. The van der Waals surface area contributed by atoms with Crippen molar-refractivity contribution in [3.8, 4) is 5.75 Å². The molecule has 4 heteroatoms. The summed E-state index contributed by atoms with van der Waals surface area (Å²) >= 11 is 0. The van der Waals surface area contributed by atoms with Crippen molar-refractivity contribution in [2.75, 3.05) is 38.7 Å². The Balaban J connectivity index is 1.73. The predicted molar refractivity (Wildman–Crippen MR) is 82.5 cm³/mol.